The minimum atomic E-state index is -3.62. The van der Waals surface area contributed by atoms with Crippen molar-refractivity contribution in [2.75, 3.05) is 11.4 Å². The van der Waals surface area contributed by atoms with Crippen molar-refractivity contribution in [3.63, 3.8) is 0 Å². The first kappa shape index (κ1) is 22.6. The molecule has 0 radical (unpaired) electrons. The van der Waals surface area contributed by atoms with E-state index in [4.69, 9.17) is 0 Å². The lowest BCUT2D eigenvalue weighted by Gasteiger charge is -2.20. The second-order valence-corrected chi connectivity index (χ2v) is 9.59. The molecule has 0 unspecified atom stereocenters. The molecule has 0 bridgehead atoms. The van der Waals surface area contributed by atoms with Crippen LogP contribution in [0.3, 0.4) is 0 Å². The molecule has 5 nitrogen and oxygen atoms in total. The molecule has 3 aromatic rings. The Morgan fingerprint density at radius 2 is 1.45 bits per heavy atom. The third kappa shape index (κ3) is 6.18. The maximum Gasteiger partial charge on any atom is 0.264 e. The fourth-order valence-electron chi connectivity index (χ4n) is 3.32. The molecule has 0 aliphatic carbocycles. The fourth-order valence-corrected chi connectivity index (χ4v) is 4.54. The molecule has 3 rings (SSSR count). The van der Waals surface area contributed by atoms with Crippen LogP contribution in [0.4, 0.5) is 5.69 Å². The Kier molecular flexibility index (Phi) is 7.47. The van der Waals surface area contributed by atoms with E-state index >= 15 is 0 Å². The first-order chi connectivity index (χ1) is 14.9. The Morgan fingerprint density at radius 1 is 0.871 bits per heavy atom. The molecular weight excluding hydrogens is 408 g/mol. The number of amides is 1. The molecule has 0 aromatic heterocycles. The van der Waals surface area contributed by atoms with E-state index in [1.807, 2.05) is 25.1 Å². The van der Waals surface area contributed by atoms with Crippen molar-refractivity contribution < 1.29 is 13.2 Å². The van der Waals surface area contributed by atoms with Gasteiger partial charge in [0.1, 0.15) is 0 Å². The Balaban J connectivity index is 1.54. The molecule has 6 heteroatoms. The van der Waals surface area contributed by atoms with Crippen LogP contribution in [0.2, 0.25) is 0 Å². The number of nitrogens with zero attached hydrogens (tertiary/aromatic N) is 1. The van der Waals surface area contributed by atoms with Crippen LogP contribution in [0, 0.1) is 0 Å². The van der Waals surface area contributed by atoms with E-state index in [1.54, 1.807) is 54.6 Å². The van der Waals surface area contributed by atoms with Crippen LogP contribution in [0.1, 0.15) is 24.5 Å². The number of nitrogens with one attached hydrogen (secondary N) is 1. The quantitative estimate of drug-likeness (QED) is 0.547. The maximum absolute atomic E-state index is 12.7. The SMILES string of the molecule is C[C@@H](CCc1ccccc1)NC(=O)Cc1ccc(N(C)S(=O)(=O)c2ccccc2)cc1. The van der Waals surface area contributed by atoms with Gasteiger partial charge in [0.25, 0.3) is 10.0 Å². The average Bonchev–Trinajstić information content (AvgIpc) is 2.79. The van der Waals surface area contributed by atoms with Crippen molar-refractivity contribution in [3.05, 3.63) is 96.1 Å². The van der Waals surface area contributed by atoms with Gasteiger partial charge in [0.05, 0.1) is 17.0 Å². The molecule has 1 N–H and O–H groups in total. The van der Waals surface area contributed by atoms with Crippen LogP contribution < -0.4 is 9.62 Å². The smallest absolute Gasteiger partial charge is 0.264 e. The number of anilines is 1. The second kappa shape index (κ2) is 10.3. The van der Waals surface area contributed by atoms with E-state index in [2.05, 4.69) is 17.4 Å². The average molecular weight is 437 g/mol. The molecule has 0 fully saturated rings. The highest BCUT2D eigenvalue weighted by Crippen LogP contribution is 2.22. The Labute approximate surface area is 184 Å². The zero-order valence-electron chi connectivity index (χ0n) is 17.9. The van der Waals surface area contributed by atoms with Crippen molar-refractivity contribution in [1.29, 1.82) is 0 Å². The molecule has 0 saturated carbocycles. The number of sulfonamides is 1. The number of hydrogen-bond donors (Lipinski definition) is 1. The fraction of sp³-hybridized carbons (Fsp3) is 0.240. The van der Waals surface area contributed by atoms with Gasteiger partial charge in [-0.1, -0.05) is 60.7 Å². The molecule has 1 atom stereocenters. The number of carbonyl (C=O) groups is 1. The molecule has 31 heavy (non-hydrogen) atoms. The summed E-state index contributed by atoms with van der Waals surface area (Å²) in [5, 5.41) is 3.04. The highest BCUT2D eigenvalue weighted by Gasteiger charge is 2.20. The third-order valence-corrected chi connectivity index (χ3v) is 6.98. The number of benzene rings is 3. The van der Waals surface area contributed by atoms with Gasteiger partial charge in [0.15, 0.2) is 0 Å². The Hall–Kier alpha value is -3.12. The summed E-state index contributed by atoms with van der Waals surface area (Å²) in [7, 11) is -2.09. The normalized spacial score (nSPS) is 12.2. The largest absolute Gasteiger partial charge is 0.353 e. The van der Waals surface area contributed by atoms with E-state index in [-0.39, 0.29) is 23.3 Å². The van der Waals surface area contributed by atoms with Crippen molar-refractivity contribution in [2.45, 2.75) is 37.1 Å². The molecule has 1 amide bonds. The molecule has 3 aromatic carbocycles. The lowest BCUT2D eigenvalue weighted by atomic mass is 10.1. The first-order valence-corrected chi connectivity index (χ1v) is 11.8. The number of rotatable bonds is 9. The topological polar surface area (TPSA) is 66.5 Å². The van der Waals surface area contributed by atoms with Gasteiger partial charge in [-0.05, 0) is 55.2 Å². The van der Waals surface area contributed by atoms with Gasteiger partial charge >= 0.3 is 0 Å². The monoisotopic (exact) mass is 436 g/mol. The Bertz CT molecular complexity index is 1080. The van der Waals surface area contributed by atoms with E-state index in [9.17, 15) is 13.2 Å². The summed E-state index contributed by atoms with van der Waals surface area (Å²) in [5.74, 6) is -0.0430. The summed E-state index contributed by atoms with van der Waals surface area (Å²) < 4.78 is 26.7. The number of hydrogen-bond acceptors (Lipinski definition) is 3. The lowest BCUT2D eigenvalue weighted by Crippen LogP contribution is -2.34. The van der Waals surface area contributed by atoms with E-state index in [0.717, 1.165) is 18.4 Å². The summed E-state index contributed by atoms with van der Waals surface area (Å²) in [6.45, 7) is 2.01. The standard InChI is InChI=1S/C25H28N2O3S/c1-20(13-14-21-9-5-3-6-10-21)26-25(28)19-22-15-17-23(18-16-22)27(2)31(29,30)24-11-7-4-8-12-24/h3-12,15-18,20H,13-14,19H2,1-2H3,(H,26,28)/t20-/m0/s1. The number of aryl methyl sites for hydroxylation is 1. The zero-order chi connectivity index (χ0) is 22.3. The van der Waals surface area contributed by atoms with E-state index in [1.165, 1.54) is 16.9 Å². The predicted molar refractivity (Wildman–Crippen MR) is 125 cm³/mol. The highest BCUT2D eigenvalue weighted by molar-refractivity contribution is 7.92. The van der Waals surface area contributed by atoms with Crippen LogP contribution >= 0.6 is 0 Å². The van der Waals surface area contributed by atoms with Crippen LogP contribution in [0.25, 0.3) is 0 Å². The van der Waals surface area contributed by atoms with Gasteiger partial charge in [-0.2, -0.15) is 0 Å². The third-order valence-electron chi connectivity index (χ3n) is 5.18. The molecule has 0 aliphatic rings. The van der Waals surface area contributed by atoms with Crippen molar-refractivity contribution >= 4 is 21.6 Å². The minimum absolute atomic E-state index is 0.0430. The van der Waals surface area contributed by atoms with Crippen molar-refractivity contribution in [3.8, 4) is 0 Å². The van der Waals surface area contributed by atoms with Gasteiger partial charge in [-0.25, -0.2) is 8.42 Å². The van der Waals surface area contributed by atoms with E-state index in [0.29, 0.717) is 5.69 Å². The van der Waals surface area contributed by atoms with Gasteiger partial charge in [-0.3, -0.25) is 9.10 Å². The van der Waals surface area contributed by atoms with Gasteiger partial charge in [-0.15, -0.1) is 0 Å². The minimum Gasteiger partial charge on any atom is -0.353 e. The van der Waals surface area contributed by atoms with Crippen LogP contribution in [-0.2, 0) is 27.7 Å². The van der Waals surface area contributed by atoms with Crippen molar-refractivity contribution in [1.82, 2.24) is 5.32 Å². The molecule has 0 saturated heterocycles. The first-order valence-electron chi connectivity index (χ1n) is 10.3. The summed E-state index contributed by atoms with van der Waals surface area (Å²) in [4.78, 5) is 12.6. The molecule has 0 aliphatic heterocycles. The molecular formula is C25H28N2O3S. The van der Waals surface area contributed by atoms with Gasteiger partial charge in [0.2, 0.25) is 5.91 Å². The van der Waals surface area contributed by atoms with Crippen molar-refractivity contribution in [2.24, 2.45) is 0 Å². The molecule has 162 valence electrons. The maximum atomic E-state index is 12.7. The van der Waals surface area contributed by atoms with Crippen LogP contribution in [0.15, 0.2) is 89.8 Å². The van der Waals surface area contributed by atoms with Crippen LogP contribution in [0.5, 0.6) is 0 Å². The molecule has 0 spiro atoms. The summed E-state index contributed by atoms with van der Waals surface area (Å²) in [6, 6.07) is 25.6. The highest BCUT2D eigenvalue weighted by atomic mass is 32.2. The zero-order valence-corrected chi connectivity index (χ0v) is 18.7. The van der Waals surface area contributed by atoms with Gasteiger partial charge in [0, 0.05) is 13.1 Å². The summed E-state index contributed by atoms with van der Waals surface area (Å²) >= 11 is 0. The predicted octanol–water partition coefficient (Wildman–Crippen LogP) is 4.19. The Morgan fingerprint density at radius 3 is 2.06 bits per heavy atom. The lowest BCUT2D eigenvalue weighted by molar-refractivity contribution is -0.121. The summed E-state index contributed by atoms with van der Waals surface area (Å²) in [6.07, 6.45) is 2.04. The second-order valence-electron chi connectivity index (χ2n) is 7.62. The summed E-state index contributed by atoms with van der Waals surface area (Å²) in [5.41, 5.74) is 2.64. The van der Waals surface area contributed by atoms with E-state index < -0.39 is 10.0 Å². The van der Waals surface area contributed by atoms with Crippen LogP contribution in [-0.4, -0.2) is 27.4 Å². The number of carbonyl (C=O) groups excluding carboxylic acids is 1. The van der Waals surface area contributed by atoms with Gasteiger partial charge < -0.3 is 5.32 Å². The molecule has 0 heterocycles.